The largest absolute Gasteiger partial charge is 0.358 e. The zero-order chi connectivity index (χ0) is 8.74. The third-order valence-corrected chi connectivity index (χ3v) is 3.27. The van der Waals surface area contributed by atoms with E-state index in [0.717, 1.165) is 36.0 Å². The maximum atomic E-state index is 5.37. The minimum Gasteiger partial charge on any atom is -0.358 e. The lowest BCUT2D eigenvalue weighted by atomic mass is 10.2. The molecule has 0 atom stereocenters. The molecule has 0 radical (unpaired) electrons. The summed E-state index contributed by atoms with van der Waals surface area (Å²) in [7, 11) is 4.29. The topological polar surface area (TPSA) is 44.5 Å². The first kappa shape index (κ1) is 11.1. The van der Waals surface area contributed by atoms with Crippen molar-refractivity contribution in [2.45, 2.75) is 24.7 Å². The first-order valence-electron chi connectivity index (χ1n) is 3.99. The van der Waals surface area contributed by atoms with E-state index in [4.69, 9.17) is 15.2 Å². The monoisotopic (exact) mass is 177 g/mol. The number of methoxy groups -OCH3 is 2. The number of ether oxygens (including phenoxy) is 2. The quantitative estimate of drug-likeness (QED) is 0.336. The third kappa shape index (κ3) is 4.52. The Bertz CT molecular complexity index is 96.4. The van der Waals surface area contributed by atoms with Crippen LogP contribution >= 0.6 is 0 Å². The molecule has 3 nitrogen and oxygen atoms in total. The molecule has 11 heavy (non-hydrogen) atoms. The fourth-order valence-corrected chi connectivity index (χ4v) is 1.23. The van der Waals surface area contributed by atoms with Gasteiger partial charge in [0.05, 0.1) is 10.2 Å². The lowest BCUT2D eigenvalue weighted by Gasteiger charge is -2.26. The second-order valence-corrected chi connectivity index (χ2v) is 4.31. The Kier molecular flexibility index (Phi) is 5.76. The van der Waals surface area contributed by atoms with Crippen molar-refractivity contribution in [2.24, 2.45) is 5.73 Å². The minimum atomic E-state index is -0.283. The Morgan fingerprint density at radius 3 is 2.18 bits per heavy atom. The van der Waals surface area contributed by atoms with Crippen LogP contribution in [0.1, 0.15) is 19.3 Å². The molecule has 0 aliphatic carbocycles. The van der Waals surface area contributed by atoms with E-state index in [2.05, 4.69) is 0 Å². The molecule has 0 heterocycles. The Morgan fingerprint density at radius 1 is 1.27 bits per heavy atom. The summed E-state index contributed by atoms with van der Waals surface area (Å²) in [5.41, 5.74) is 5.09. The highest BCUT2D eigenvalue weighted by molar-refractivity contribution is 6.13. The lowest BCUT2D eigenvalue weighted by Crippen LogP contribution is -2.34. The second kappa shape index (κ2) is 5.71. The SMILES string of the molecule is COC([SiH3])(CCCCN)OC. The van der Waals surface area contributed by atoms with Crippen molar-refractivity contribution in [1.82, 2.24) is 0 Å². The van der Waals surface area contributed by atoms with Crippen molar-refractivity contribution >= 4 is 10.2 Å². The van der Waals surface area contributed by atoms with Gasteiger partial charge in [0.25, 0.3) is 0 Å². The molecule has 0 rings (SSSR count). The Morgan fingerprint density at radius 2 is 1.82 bits per heavy atom. The average molecular weight is 177 g/mol. The molecule has 0 unspecified atom stereocenters. The van der Waals surface area contributed by atoms with E-state index in [9.17, 15) is 0 Å². The van der Waals surface area contributed by atoms with E-state index in [1.165, 1.54) is 0 Å². The van der Waals surface area contributed by atoms with Gasteiger partial charge in [-0.3, -0.25) is 0 Å². The van der Waals surface area contributed by atoms with Crippen molar-refractivity contribution in [3.8, 4) is 0 Å². The van der Waals surface area contributed by atoms with Crippen molar-refractivity contribution < 1.29 is 9.47 Å². The summed E-state index contributed by atoms with van der Waals surface area (Å²) in [6.07, 6.45) is 3.10. The van der Waals surface area contributed by atoms with Crippen LogP contribution < -0.4 is 5.73 Å². The second-order valence-electron chi connectivity index (χ2n) is 2.79. The first-order chi connectivity index (χ1) is 5.18. The van der Waals surface area contributed by atoms with E-state index >= 15 is 0 Å². The highest BCUT2D eigenvalue weighted by Gasteiger charge is 2.20. The molecule has 0 bridgehead atoms. The van der Waals surface area contributed by atoms with Crippen LogP contribution in [0.4, 0.5) is 0 Å². The minimum absolute atomic E-state index is 0.283. The molecule has 0 saturated heterocycles. The Hall–Kier alpha value is 0.0969. The van der Waals surface area contributed by atoms with Crippen molar-refractivity contribution in [1.29, 1.82) is 0 Å². The number of unbranched alkanes of at least 4 members (excludes halogenated alkanes) is 1. The zero-order valence-corrected chi connectivity index (χ0v) is 9.72. The summed E-state index contributed by atoms with van der Waals surface area (Å²) >= 11 is 0. The van der Waals surface area contributed by atoms with E-state index in [1.54, 1.807) is 14.2 Å². The molecule has 68 valence electrons. The van der Waals surface area contributed by atoms with Crippen LogP contribution in [0.3, 0.4) is 0 Å². The van der Waals surface area contributed by atoms with Gasteiger partial charge in [-0.2, -0.15) is 0 Å². The summed E-state index contributed by atoms with van der Waals surface area (Å²) in [4.78, 5) is 0. The first-order valence-corrected chi connectivity index (χ1v) is 4.99. The zero-order valence-electron chi connectivity index (χ0n) is 7.72. The van der Waals surface area contributed by atoms with Crippen LogP contribution in [-0.4, -0.2) is 36.4 Å². The Labute approximate surface area is 71.7 Å². The van der Waals surface area contributed by atoms with Gasteiger partial charge < -0.3 is 15.2 Å². The predicted octanol–water partition coefficient (Wildman–Crippen LogP) is -0.573. The Balaban J connectivity index is 3.51. The number of nitrogens with two attached hydrogens (primary N) is 1. The molecular formula is C7H19NO2Si. The van der Waals surface area contributed by atoms with Crippen molar-refractivity contribution in [2.75, 3.05) is 20.8 Å². The van der Waals surface area contributed by atoms with Crippen molar-refractivity contribution in [3.05, 3.63) is 0 Å². The van der Waals surface area contributed by atoms with Crippen LogP contribution in [-0.2, 0) is 9.47 Å². The summed E-state index contributed by atoms with van der Waals surface area (Å²) < 4.78 is 10.5. The highest BCUT2D eigenvalue weighted by Crippen LogP contribution is 2.14. The van der Waals surface area contributed by atoms with Gasteiger partial charge in [0.1, 0.15) is 5.41 Å². The standard InChI is InChI=1S/C7H19NO2Si/c1-9-7(11,10-2)5-3-4-6-8/h3-6,8H2,1-2,11H3. The van der Waals surface area contributed by atoms with Gasteiger partial charge in [-0.1, -0.05) is 0 Å². The molecule has 2 N–H and O–H groups in total. The summed E-state index contributed by atoms with van der Waals surface area (Å²) in [5.74, 6) is 0. The van der Waals surface area contributed by atoms with Crippen molar-refractivity contribution in [3.63, 3.8) is 0 Å². The average Bonchev–Trinajstić information content (AvgIpc) is 2.05. The van der Waals surface area contributed by atoms with Gasteiger partial charge in [-0.05, 0) is 25.8 Å². The number of hydrogen-bond acceptors (Lipinski definition) is 3. The predicted molar refractivity (Wildman–Crippen MR) is 49.6 cm³/mol. The normalized spacial score (nSPS) is 12.3. The van der Waals surface area contributed by atoms with Gasteiger partial charge in [-0.15, -0.1) is 0 Å². The maximum Gasteiger partial charge on any atom is 0.140 e. The number of rotatable bonds is 6. The van der Waals surface area contributed by atoms with Crippen LogP contribution in [0, 0.1) is 0 Å². The molecule has 0 aliphatic heterocycles. The van der Waals surface area contributed by atoms with E-state index in [0.29, 0.717) is 0 Å². The molecule has 0 saturated carbocycles. The summed E-state index contributed by atoms with van der Waals surface area (Å²) in [6.45, 7) is 0.755. The number of hydrogen-bond donors (Lipinski definition) is 1. The summed E-state index contributed by atoms with van der Waals surface area (Å²) in [5, 5.41) is 0. The van der Waals surface area contributed by atoms with Crippen LogP contribution in [0.5, 0.6) is 0 Å². The van der Waals surface area contributed by atoms with Crippen LogP contribution in [0.15, 0.2) is 0 Å². The molecule has 0 aliphatic rings. The molecule has 0 fully saturated rings. The van der Waals surface area contributed by atoms with Crippen LogP contribution in [0.2, 0.25) is 0 Å². The fourth-order valence-electron chi connectivity index (χ4n) is 0.878. The molecule has 0 aromatic carbocycles. The van der Waals surface area contributed by atoms with E-state index in [-0.39, 0.29) is 5.41 Å². The third-order valence-electron chi connectivity index (χ3n) is 1.95. The smallest absolute Gasteiger partial charge is 0.140 e. The fraction of sp³-hybridized carbons (Fsp3) is 1.00. The van der Waals surface area contributed by atoms with E-state index in [1.807, 2.05) is 0 Å². The summed E-state index contributed by atoms with van der Waals surface area (Å²) in [6, 6.07) is 0. The van der Waals surface area contributed by atoms with Gasteiger partial charge in [0, 0.05) is 14.2 Å². The highest BCUT2D eigenvalue weighted by atomic mass is 28.1. The van der Waals surface area contributed by atoms with Gasteiger partial charge >= 0.3 is 0 Å². The molecule has 0 aromatic rings. The molecule has 0 amide bonds. The molecule has 0 spiro atoms. The molecule has 0 aromatic heterocycles. The van der Waals surface area contributed by atoms with Gasteiger partial charge in [0.15, 0.2) is 0 Å². The molecule has 4 heteroatoms. The maximum absolute atomic E-state index is 5.37. The lowest BCUT2D eigenvalue weighted by molar-refractivity contribution is -0.146. The molecular weight excluding hydrogens is 158 g/mol. The van der Waals surface area contributed by atoms with Gasteiger partial charge in [0.2, 0.25) is 0 Å². The van der Waals surface area contributed by atoms with Gasteiger partial charge in [-0.25, -0.2) is 0 Å². The van der Waals surface area contributed by atoms with Crippen LogP contribution in [0.25, 0.3) is 0 Å². The van der Waals surface area contributed by atoms with E-state index < -0.39 is 0 Å².